The molecule has 0 aromatic carbocycles. The predicted molar refractivity (Wildman–Crippen MR) is 112 cm³/mol. The van der Waals surface area contributed by atoms with Gasteiger partial charge in [0.25, 0.3) is 5.56 Å². The molecule has 1 N–H and O–H groups in total. The molecule has 2 aliphatic heterocycles. The topological polar surface area (TPSA) is 78.0 Å². The molecule has 0 bridgehead atoms. The lowest BCUT2D eigenvalue weighted by Gasteiger charge is -2.31. The minimum absolute atomic E-state index is 0.132. The quantitative estimate of drug-likeness (QED) is 0.879. The number of hydrogen-bond donors (Lipinski definition) is 1. The molecule has 7 heteroatoms. The van der Waals surface area contributed by atoms with Crippen molar-refractivity contribution < 1.29 is 0 Å². The largest absolute Gasteiger partial charge is 0.342 e. The Balaban J connectivity index is 1.59. The molecule has 4 heterocycles. The molecule has 0 spiro atoms. The van der Waals surface area contributed by atoms with Crippen molar-refractivity contribution in [1.82, 2.24) is 19.9 Å². The molecule has 0 radical (unpaired) electrons. The molecule has 2 aliphatic rings. The zero-order valence-corrected chi connectivity index (χ0v) is 17.1. The summed E-state index contributed by atoms with van der Waals surface area (Å²) in [6.07, 6.45) is 6.42. The molecule has 0 amide bonds. The zero-order chi connectivity index (χ0) is 19.7. The second kappa shape index (κ2) is 7.89. The Kier molecular flexibility index (Phi) is 5.33. The van der Waals surface area contributed by atoms with E-state index >= 15 is 0 Å². The number of nitrogens with one attached hydrogen (secondary N) is 1. The molecule has 2 aromatic rings. The number of H-pyrrole nitrogens is 1. The lowest BCUT2D eigenvalue weighted by molar-refractivity contribution is 0.434. The summed E-state index contributed by atoms with van der Waals surface area (Å²) in [6, 6.07) is 1.55. The highest BCUT2D eigenvalue weighted by atomic mass is 16.1. The monoisotopic (exact) mass is 382 g/mol. The fraction of sp³-hybridized carbons (Fsp3) is 0.619. The number of piperidine rings is 2. The molecule has 2 aromatic heterocycles. The van der Waals surface area contributed by atoms with E-state index in [0.29, 0.717) is 11.6 Å². The summed E-state index contributed by atoms with van der Waals surface area (Å²) in [6.45, 7) is 10.4. The van der Waals surface area contributed by atoms with E-state index < -0.39 is 0 Å². The maximum atomic E-state index is 12.3. The third-order valence-electron chi connectivity index (χ3n) is 6.12. The highest BCUT2D eigenvalue weighted by Crippen LogP contribution is 2.25. The summed E-state index contributed by atoms with van der Waals surface area (Å²) in [5.41, 5.74) is 2.20. The van der Waals surface area contributed by atoms with E-state index in [1.165, 1.54) is 12.8 Å². The van der Waals surface area contributed by atoms with E-state index in [0.717, 1.165) is 68.1 Å². The van der Waals surface area contributed by atoms with Crippen LogP contribution in [0.2, 0.25) is 0 Å². The van der Waals surface area contributed by atoms with Crippen LogP contribution in [0.15, 0.2) is 17.1 Å². The van der Waals surface area contributed by atoms with Crippen molar-refractivity contribution in [2.45, 2.75) is 46.5 Å². The minimum Gasteiger partial charge on any atom is -0.342 e. The van der Waals surface area contributed by atoms with Gasteiger partial charge in [-0.15, -0.1) is 0 Å². The van der Waals surface area contributed by atoms with Gasteiger partial charge in [-0.25, -0.2) is 15.0 Å². The van der Waals surface area contributed by atoms with Gasteiger partial charge in [0.05, 0.1) is 11.4 Å². The number of aromatic amines is 1. The van der Waals surface area contributed by atoms with E-state index in [-0.39, 0.29) is 5.56 Å². The first-order valence-electron chi connectivity index (χ1n) is 10.4. The second-order valence-corrected chi connectivity index (χ2v) is 8.46. The molecule has 4 rings (SSSR count). The minimum atomic E-state index is -0.132. The van der Waals surface area contributed by atoms with Gasteiger partial charge in [0, 0.05) is 44.0 Å². The van der Waals surface area contributed by atoms with Crippen molar-refractivity contribution >= 4 is 11.9 Å². The fourth-order valence-electron chi connectivity index (χ4n) is 4.02. The van der Waals surface area contributed by atoms with Crippen LogP contribution in [0.25, 0.3) is 11.3 Å². The maximum absolute atomic E-state index is 12.3. The SMILES string of the molecule is Cc1nc(N2CCC(C)CC2)ncc1-c1cc(=O)[nH]c(N2CCC(C)CC2)n1. The van der Waals surface area contributed by atoms with Gasteiger partial charge in [-0.3, -0.25) is 9.78 Å². The summed E-state index contributed by atoms with van der Waals surface area (Å²) in [4.78, 5) is 33.7. The Morgan fingerprint density at radius 3 is 2.18 bits per heavy atom. The van der Waals surface area contributed by atoms with E-state index in [1.54, 1.807) is 6.07 Å². The molecule has 2 fully saturated rings. The van der Waals surface area contributed by atoms with Crippen LogP contribution in [-0.4, -0.2) is 46.1 Å². The Morgan fingerprint density at radius 1 is 0.964 bits per heavy atom. The Labute approximate surface area is 166 Å². The van der Waals surface area contributed by atoms with Crippen LogP contribution in [0.4, 0.5) is 11.9 Å². The maximum Gasteiger partial charge on any atom is 0.252 e. The molecule has 7 nitrogen and oxygen atoms in total. The molecular weight excluding hydrogens is 352 g/mol. The number of rotatable bonds is 3. The second-order valence-electron chi connectivity index (χ2n) is 8.46. The molecule has 0 aliphatic carbocycles. The fourth-order valence-corrected chi connectivity index (χ4v) is 4.02. The van der Waals surface area contributed by atoms with Gasteiger partial charge >= 0.3 is 0 Å². The number of anilines is 2. The smallest absolute Gasteiger partial charge is 0.252 e. The van der Waals surface area contributed by atoms with Gasteiger partial charge in [-0.05, 0) is 44.4 Å². The van der Waals surface area contributed by atoms with Gasteiger partial charge in [0.2, 0.25) is 11.9 Å². The highest BCUT2D eigenvalue weighted by Gasteiger charge is 2.21. The molecule has 0 unspecified atom stereocenters. The van der Waals surface area contributed by atoms with Crippen molar-refractivity contribution in [3.8, 4) is 11.3 Å². The average Bonchev–Trinajstić information content (AvgIpc) is 2.68. The van der Waals surface area contributed by atoms with Gasteiger partial charge in [-0.2, -0.15) is 0 Å². The Hall–Kier alpha value is -2.44. The Bertz CT molecular complexity index is 879. The van der Waals surface area contributed by atoms with Crippen LogP contribution in [0, 0.1) is 18.8 Å². The third kappa shape index (κ3) is 4.03. The van der Waals surface area contributed by atoms with E-state index in [4.69, 9.17) is 9.97 Å². The van der Waals surface area contributed by atoms with Gasteiger partial charge in [-0.1, -0.05) is 13.8 Å². The number of aromatic nitrogens is 4. The molecule has 150 valence electrons. The van der Waals surface area contributed by atoms with Crippen LogP contribution >= 0.6 is 0 Å². The van der Waals surface area contributed by atoms with E-state index in [2.05, 4.69) is 33.6 Å². The number of nitrogens with zero attached hydrogens (tertiary/aromatic N) is 5. The van der Waals surface area contributed by atoms with Gasteiger partial charge in [0.15, 0.2) is 0 Å². The highest BCUT2D eigenvalue weighted by molar-refractivity contribution is 5.62. The van der Waals surface area contributed by atoms with Crippen molar-refractivity contribution in [1.29, 1.82) is 0 Å². The first-order chi connectivity index (χ1) is 13.5. The van der Waals surface area contributed by atoms with Crippen LogP contribution in [0.5, 0.6) is 0 Å². The van der Waals surface area contributed by atoms with Gasteiger partial charge in [0.1, 0.15) is 0 Å². The van der Waals surface area contributed by atoms with Crippen molar-refractivity contribution in [2.75, 3.05) is 36.0 Å². The molecule has 0 atom stereocenters. The first kappa shape index (κ1) is 18.9. The van der Waals surface area contributed by atoms with E-state index in [1.807, 2.05) is 13.1 Å². The van der Waals surface area contributed by atoms with Crippen molar-refractivity contribution in [2.24, 2.45) is 11.8 Å². The summed E-state index contributed by atoms with van der Waals surface area (Å²) in [5, 5.41) is 0. The van der Waals surface area contributed by atoms with Crippen LogP contribution < -0.4 is 15.4 Å². The summed E-state index contributed by atoms with van der Waals surface area (Å²) in [5.74, 6) is 2.94. The van der Waals surface area contributed by atoms with Crippen molar-refractivity contribution in [3.05, 3.63) is 28.3 Å². The molecule has 28 heavy (non-hydrogen) atoms. The van der Waals surface area contributed by atoms with Crippen LogP contribution in [0.3, 0.4) is 0 Å². The third-order valence-corrected chi connectivity index (χ3v) is 6.12. The lowest BCUT2D eigenvalue weighted by atomic mass is 9.99. The number of hydrogen-bond acceptors (Lipinski definition) is 6. The standard InChI is InChI=1S/C21H30N6O/c1-14-4-8-26(9-5-14)20-22-13-17(16(3)23-20)18-12-19(28)25-21(24-18)27-10-6-15(2)7-11-27/h12-15H,4-11H2,1-3H3,(H,24,25,28). The molecular formula is C21H30N6O. The number of aryl methyl sites for hydroxylation is 1. The van der Waals surface area contributed by atoms with E-state index in [9.17, 15) is 4.79 Å². The Morgan fingerprint density at radius 2 is 1.57 bits per heavy atom. The zero-order valence-electron chi connectivity index (χ0n) is 17.1. The molecule has 2 saturated heterocycles. The normalized spacial score (nSPS) is 19.2. The van der Waals surface area contributed by atoms with Crippen LogP contribution in [-0.2, 0) is 0 Å². The summed E-state index contributed by atoms with van der Waals surface area (Å²) in [7, 11) is 0. The summed E-state index contributed by atoms with van der Waals surface area (Å²) >= 11 is 0. The average molecular weight is 383 g/mol. The lowest BCUT2D eigenvalue weighted by Crippen LogP contribution is -2.35. The van der Waals surface area contributed by atoms with Crippen molar-refractivity contribution in [3.63, 3.8) is 0 Å². The van der Waals surface area contributed by atoms with Crippen LogP contribution in [0.1, 0.15) is 45.2 Å². The van der Waals surface area contributed by atoms with Gasteiger partial charge < -0.3 is 9.80 Å². The predicted octanol–water partition coefficient (Wildman–Crippen LogP) is 3.01. The first-order valence-corrected chi connectivity index (χ1v) is 10.4. The summed E-state index contributed by atoms with van der Waals surface area (Å²) < 4.78 is 0. The molecule has 0 saturated carbocycles.